The molecule has 0 unspecified atom stereocenters. The van der Waals surface area contributed by atoms with E-state index in [2.05, 4.69) is 38.0 Å². The molecule has 20 heavy (non-hydrogen) atoms. The largest absolute Gasteiger partial charge is 0.352 e. The van der Waals surface area contributed by atoms with Gasteiger partial charge in [-0.3, -0.25) is 9.79 Å². The van der Waals surface area contributed by atoms with Crippen molar-refractivity contribution in [1.29, 1.82) is 0 Å². The number of aliphatic imine (C=N–C) groups is 1. The highest BCUT2D eigenvalue weighted by molar-refractivity contribution is 6.16. The molecule has 1 N–H and O–H groups in total. The predicted octanol–water partition coefficient (Wildman–Crippen LogP) is 3.44. The first-order valence-corrected chi connectivity index (χ1v) is 7.17. The lowest BCUT2D eigenvalue weighted by molar-refractivity contribution is -0.117. The average Bonchev–Trinajstić information content (AvgIpc) is 2.41. The van der Waals surface area contributed by atoms with Gasteiger partial charge in [-0.1, -0.05) is 33.8 Å². The van der Waals surface area contributed by atoms with Gasteiger partial charge in [-0.05, 0) is 42.1 Å². The Morgan fingerprint density at radius 2 is 2.00 bits per heavy atom. The molecule has 0 fully saturated rings. The van der Waals surface area contributed by atoms with Crippen molar-refractivity contribution >= 4 is 11.6 Å². The van der Waals surface area contributed by atoms with E-state index in [9.17, 15) is 4.79 Å². The maximum atomic E-state index is 12.4. The number of nitrogens with one attached hydrogen (secondary N) is 1. The third kappa shape index (κ3) is 3.92. The van der Waals surface area contributed by atoms with Crippen molar-refractivity contribution in [3.05, 3.63) is 34.9 Å². The Hall–Kier alpha value is -1.64. The van der Waals surface area contributed by atoms with Crippen LogP contribution in [0, 0.1) is 5.41 Å². The van der Waals surface area contributed by atoms with E-state index in [-0.39, 0.29) is 11.3 Å². The van der Waals surface area contributed by atoms with E-state index in [0.29, 0.717) is 6.54 Å². The highest BCUT2D eigenvalue weighted by Gasteiger charge is 2.21. The second-order valence-electron chi connectivity index (χ2n) is 6.13. The zero-order valence-electron chi connectivity index (χ0n) is 13.5. The minimum Gasteiger partial charge on any atom is -0.352 e. The summed E-state index contributed by atoms with van der Waals surface area (Å²) in [7, 11) is 1.78. The number of nitrogens with zero attached hydrogens (tertiary/aromatic N) is 1. The molecule has 0 saturated carbocycles. The molecule has 0 atom stereocenters. The molecule has 0 aromatic rings. The Morgan fingerprint density at radius 1 is 1.35 bits per heavy atom. The number of hydrogen-bond donors (Lipinski definition) is 1. The van der Waals surface area contributed by atoms with Crippen molar-refractivity contribution in [1.82, 2.24) is 5.32 Å². The minimum absolute atomic E-state index is 0.00234. The van der Waals surface area contributed by atoms with Crippen LogP contribution in [-0.2, 0) is 4.79 Å². The van der Waals surface area contributed by atoms with Crippen molar-refractivity contribution in [3.63, 3.8) is 0 Å². The fourth-order valence-electron chi connectivity index (χ4n) is 2.20. The van der Waals surface area contributed by atoms with E-state index in [1.54, 1.807) is 7.05 Å². The summed E-state index contributed by atoms with van der Waals surface area (Å²) in [6.45, 7) is 11.1. The Morgan fingerprint density at radius 3 is 2.45 bits per heavy atom. The van der Waals surface area contributed by atoms with Crippen molar-refractivity contribution in [2.24, 2.45) is 10.4 Å². The molecule has 1 rings (SSSR count). The number of allylic oxidation sites excluding steroid dienone is 4. The Kier molecular flexibility index (Phi) is 5.49. The zero-order chi connectivity index (χ0) is 15.3. The molecule has 1 aliphatic rings. The first-order valence-electron chi connectivity index (χ1n) is 7.17. The molecule has 0 spiro atoms. The summed E-state index contributed by atoms with van der Waals surface area (Å²) in [6.07, 6.45) is 6.65. The molecule has 0 heterocycles. The normalized spacial score (nSPS) is 19.9. The molecule has 0 aromatic carbocycles. The summed E-state index contributed by atoms with van der Waals surface area (Å²) >= 11 is 0. The van der Waals surface area contributed by atoms with Crippen LogP contribution in [-0.4, -0.2) is 25.2 Å². The second-order valence-corrected chi connectivity index (χ2v) is 6.13. The maximum absolute atomic E-state index is 12.4. The van der Waals surface area contributed by atoms with Crippen LogP contribution >= 0.6 is 0 Å². The molecule has 0 aliphatic heterocycles. The summed E-state index contributed by atoms with van der Waals surface area (Å²) in [5.74, 6) is 0.00234. The molecule has 0 bridgehead atoms. The fourth-order valence-corrected chi connectivity index (χ4v) is 2.20. The smallest absolute Gasteiger partial charge is 0.251 e. The third-order valence-corrected chi connectivity index (χ3v) is 3.24. The second kappa shape index (κ2) is 6.69. The van der Waals surface area contributed by atoms with Crippen LogP contribution in [0.5, 0.6) is 0 Å². The average molecular weight is 274 g/mol. The van der Waals surface area contributed by atoms with Gasteiger partial charge in [0.25, 0.3) is 5.91 Å². The van der Waals surface area contributed by atoms with Gasteiger partial charge in [-0.25, -0.2) is 0 Å². The van der Waals surface area contributed by atoms with E-state index in [0.717, 1.165) is 28.9 Å². The quantitative estimate of drug-likeness (QED) is 0.841. The summed E-state index contributed by atoms with van der Waals surface area (Å²) in [4.78, 5) is 16.7. The molecule has 1 amide bonds. The fraction of sp³-hybridized carbons (Fsp3) is 0.529. The van der Waals surface area contributed by atoms with Crippen LogP contribution in [0.3, 0.4) is 0 Å². The molecule has 3 heteroatoms. The summed E-state index contributed by atoms with van der Waals surface area (Å²) in [5, 5.41) is 3.02. The van der Waals surface area contributed by atoms with Gasteiger partial charge in [-0.15, -0.1) is 0 Å². The van der Waals surface area contributed by atoms with Gasteiger partial charge in [0, 0.05) is 19.2 Å². The molecule has 110 valence electrons. The maximum Gasteiger partial charge on any atom is 0.251 e. The van der Waals surface area contributed by atoms with Crippen molar-refractivity contribution < 1.29 is 4.79 Å². The topological polar surface area (TPSA) is 41.5 Å². The number of hydrogen-bond acceptors (Lipinski definition) is 2. The summed E-state index contributed by atoms with van der Waals surface area (Å²) < 4.78 is 0. The Balaban J connectivity index is 3.06. The SMILES string of the molecule is C/C=C1\C(=NC)C=CC(C(=O)NCC(C)(C)C)=C1CC. The van der Waals surface area contributed by atoms with Crippen LogP contribution in [0.25, 0.3) is 0 Å². The van der Waals surface area contributed by atoms with Gasteiger partial charge in [0.15, 0.2) is 0 Å². The lowest BCUT2D eigenvalue weighted by atomic mass is 9.88. The van der Waals surface area contributed by atoms with Crippen LogP contribution < -0.4 is 5.32 Å². The van der Waals surface area contributed by atoms with Gasteiger partial charge in [0.05, 0.1) is 5.71 Å². The zero-order valence-corrected chi connectivity index (χ0v) is 13.5. The van der Waals surface area contributed by atoms with Crippen LogP contribution in [0.4, 0.5) is 0 Å². The third-order valence-electron chi connectivity index (χ3n) is 3.24. The number of rotatable bonds is 3. The molecule has 1 aliphatic carbocycles. The van der Waals surface area contributed by atoms with E-state index in [1.165, 1.54) is 0 Å². The standard InChI is InChI=1S/C17H26N2O/c1-7-12-13(8-2)15(18-6)10-9-14(12)16(20)19-11-17(3,4)5/h8-10H,7,11H2,1-6H3,(H,19,20)/b13-8-,18-15?. The number of carbonyl (C=O) groups is 1. The Labute approximate surface area is 122 Å². The Bertz CT molecular complexity index is 500. The molecular weight excluding hydrogens is 248 g/mol. The summed E-state index contributed by atoms with van der Waals surface area (Å²) in [5.41, 5.74) is 3.93. The van der Waals surface area contributed by atoms with E-state index >= 15 is 0 Å². The van der Waals surface area contributed by atoms with E-state index in [4.69, 9.17) is 0 Å². The van der Waals surface area contributed by atoms with Gasteiger partial charge in [0.2, 0.25) is 0 Å². The van der Waals surface area contributed by atoms with E-state index < -0.39 is 0 Å². The van der Waals surface area contributed by atoms with Crippen molar-refractivity contribution in [3.8, 4) is 0 Å². The van der Waals surface area contributed by atoms with Gasteiger partial charge in [-0.2, -0.15) is 0 Å². The number of carbonyl (C=O) groups excluding carboxylic acids is 1. The lowest BCUT2D eigenvalue weighted by Crippen LogP contribution is -2.34. The van der Waals surface area contributed by atoms with Crippen molar-refractivity contribution in [2.45, 2.75) is 41.0 Å². The molecular formula is C17H26N2O. The van der Waals surface area contributed by atoms with Crippen LogP contribution in [0.2, 0.25) is 0 Å². The molecule has 0 aromatic heterocycles. The van der Waals surface area contributed by atoms with Gasteiger partial charge < -0.3 is 5.32 Å². The minimum atomic E-state index is 0.00234. The van der Waals surface area contributed by atoms with E-state index in [1.807, 2.05) is 25.2 Å². The molecule has 0 saturated heterocycles. The molecule has 3 nitrogen and oxygen atoms in total. The lowest BCUT2D eigenvalue weighted by Gasteiger charge is -2.22. The highest BCUT2D eigenvalue weighted by atomic mass is 16.1. The van der Waals surface area contributed by atoms with Gasteiger partial charge in [0.1, 0.15) is 0 Å². The summed E-state index contributed by atoms with van der Waals surface area (Å²) in [6, 6.07) is 0. The first kappa shape index (κ1) is 16.4. The molecule has 0 radical (unpaired) electrons. The van der Waals surface area contributed by atoms with Crippen LogP contribution in [0.15, 0.2) is 39.9 Å². The number of amides is 1. The highest BCUT2D eigenvalue weighted by Crippen LogP contribution is 2.26. The first-order chi connectivity index (χ1) is 9.34. The predicted molar refractivity (Wildman–Crippen MR) is 86.0 cm³/mol. The van der Waals surface area contributed by atoms with Gasteiger partial charge >= 0.3 is 0 Å². The van der Waals surface area contributed by atoms with Crippen LogP contribution in [0.1, 0.15) is 41.0 Å². The monoisotopic (exact) mass is 274 g/mol. The van der Waals surface area contributed by atoms with Crippen molar-refractivity contribution in [2.75, 3.05) is 13.6 Å².